The van der Waals surface area contributed by atoms with Crippen LogP contribution in [0.1, 0.15) is 0 Å². The Labute approximate surface area is 47.3 Å². The molecule has 1 nitrogen and oxygen atoms in total. The van der Waals surface area contributed by atoms with E-state index in [0.717, 1.165) is 0 Å². The van der Waals surface area contributed by atoms with Crippen LogP contribution >= 0.6 is 0 Å². The van der Waals surface area contributed by atoms with Gasteiger partial charge in [0.25, 0.3) is 0 Å². The Bertz CT molecular complexity index is 88.4. The number of halogens is 2. The topological polar surface area (TPSA) is 3.24 Å². The number of likely N-dealkylation sites (tertiary alicyclic amines) is 1. The van der Waals surface area contributed by atoms with Crippen molar-refractivity contribution >= 4 is 0 Å². The van der Waals surface area contributed by atoms with Crippen LogP contribution in [-0.4, -0.2) is 37.4 Å². The average molecular weight is 121 g/mol. The van der Waals surface area contributed by atoms with Crippen molar-refractivity contribution in [2.24, 2.45) is 0 Å². The van der Waals surface area contributed by atoms with Crippen LogP contribution in [0, 0.1) is 0 Å². The third-order valence-electron chi connectivity index (χ3n) is 1.35. The minimum atomic E-state index is -1.51. The highest BCUT2D eigenvalue weighted by Crippen LogP contribution is 2.23. The molecule has 3 heteroatoms. The summed E-state index contributed by atoms with van der Waals surface area (Å²) in [6.07, 6.45) is 0. The molecule has 0 amide bonds. The molecule has 1 fully saturated rings. The number of nitrogens with zero attached hydrogens (tertiary/aromatic N) is 1. The molecule has 1 aliphatic heterocycles. The average Bonchev–Trinajstić information content (AvgIpc) is 1.63. The second-order valence-electron chi connectivity index (χ2n) is 2.46. The molecule has 0 spiro atoms. The molecule has 1 heterocycles. The monoisotopic (exact) mass is 121 g/mol. The van der Waals surface area contributed by atoms with E-state index < -0.39 is 12.3 Å². The maximum absolute atomic E-state index is 12.5. The summed E-state index contributed by atoms with van der Waals surface area (Å²) in [5.74, 6) is 0. The van der Waals surface area contributed by atoms with E-state index in [9.17, 15) is 8.78 Å². The summed E-state index contributed by atoms with van der Waals surface area (Å²) in [6.45, 7) is -0.329. The normalized spacial score (nSPS) is 27.4. The van der Waals surface area contributed by atoms with E-state index in [1.165, 1.54) is 0 Å². The van der Waals surface area contributed by atoms with Gasteiger partial charge in [-0.3, -0.25) is 4.90 Å². The molecule has 0 aromatic heterocycles. The summed E-state index contributed by atoms with van der Waals surface area (Å²) >= 11 is 0. The molecule has 48 valence electrons. The quantitative estimate of drug-likeness (QED) is 0.491. The van der Waals surface area contributed by atoms with Gasteiger partial charge in [0.15, 0.2) is 5.67 Å². The first-order chi connectivity index (χ1) is 3.66. The van der Waals surface area contributed by atoms with Crippen LogP contribution < -0.4 is 0 Å². The van der Waals surface area contributed by atoms with Gasteiger partial charge in [-0.05, 0) is 7.05 Å². The van der Waals surface area contributed by atoms with E-state index >= 15 is 0 Å². The van der Waals surface area contributed by atoms with E-state index in [0.29, 0.717) is 0 Å². The van der Waals surface area contributed by atoms with Crippen molar-refractivity contribution < 1.29 is 8.78 Å². The van der Waals surface area contributed by atoms with Crippen LogP contribution in [0.3, 0.4) is 0 Å². The van der Waals surface area contributed by atoms with Crippen molar-refractivity contribution in [3.63, 3.8) is 0 Å². The molecule has 0 bridgehead atoms. The van der Waals surface area contributed by atoms with Gasteiger partial charge >= 0.3 is 0 Å². The van der Waals surface area contributed by atoms with Crippen LogP contribution in [0.2, 0.25) is 0 Å². The van der Waals surface area contributed by atoms with Gasteiger partial charge in [0.1, 0.15) is 6.67 Å². The summed E-state index contributed by atoms with van der Waals surface area (Å²) in [5.41, 5.74) is -1.51. The Morgan fingerprint density at radius 3 is 2.25 bits per heavy atom. The zero-order valence-corrected chi connectivity index (χ0v) is 4.82. The Morgan fingerprint density at radius 2 is 2.12 bits per heavy atom. The Morgan fingerprint density at radius 1 is 1.62 bits per heavy atom. The van der Waals surface area contributed by atoms with Gasteiger partial charge in [-0.15, -0.1) is 0 Å². The maximum Gasteiger partial charge on any atom is 0.164 e. The maximum atomic E-state index is 12.5. The van der Waals surface area contributed by atoms with E-state index in [2.05, 4.69) is 0 Å². The summed E-state index contributed by atoms with van der Waals surface area (Å²) in [5, 5.41) is 0. The van der Waals surface area contributed by atoms with Gasteiger partial charge in [-0.25, -0.2) is 8.78 Å². The lowest BCUT2D eigenvalue weighted by atomic mass is 10.00. The number of hydrogen-bond donors (Lipinski definition) is 0. The molecular formula is C5H9F2N. The SMILES string of the molecule is CN1CC(F)(CF)C1. The lowest BCUT2D eigenvalue weighted by molar-refractivity contribution is -0.0322. The number of hydrogen-bond acceptors (Lipinski definition) is 1. The Hall–Kier alpha value is -0.180. The van der Waals surface area contributed by atoms with Crippen molar-refractivity contribution in [2.75, 3.05) is 26.8 Å². The van der Waals surface area contributed by atoms with Crippen LogP contribution in [0.25, 0.3) is 0 Å². The standard InChI is InChI=1S/C5H9F2N/c1-8-3-5(7,2-6)4-8/h2-4H2,1H3. The van der Waals surface area contributed by atoms with Gasteiger partial charge in [0.2, 0.25) is 0 Å². The summed E-state index contributed by atoms with van der Waals surface area (Å²) < 4.78 is 24.1. The molecule has 0 saturated carbocycles. The molecule has 1 rings (SSSR count). The van der Waals surface area contributed by atoms with Gasteiger partial charge in [-0.2, -0.15) is 0 Å². The minimum absolute atomic E-state index is 0.253. The second kappa shape index (κ2) is 1.65. The Kier molecular flexibility index (Phi) is 1.23. The lowest BCUT2D eigenvalue weighted by Gasteiger charge is -2.40. The molecule has 0 radical (unpaired) electrons. The van der Waals surface area contributed by atoms with E-state index in [1.807, 2.05) is 0 Å². The molecule has 1 aliphatic rings. The fourth-order valence-corrected chi connectivity index (χ4v) is 1.01. The summed E-state index contributed by atoms with van der Waals surface area (Å²) in [7, 11) is 1.77. The highest BCUT2D eigenvalue weighted by atomic mass is 19.2. The smallest absolute Gasteiger partial charge is 0.164 e. The molecule has 0 aromatic carbocycles. The first-order valence-corrected chi connectivity index (χ1v) is 2.60. The van der Waals surface area contributed by atoms with Crippen molar-refractivity contribution in [2.45, 2.75) is 5.67 Å². The molecular weight excluding hydrogens is 112 g/mol. The zero-order valence-electron chi connectivity index (χ0n) is 4.82. The van der Waals surface area contributed by atoms with Crippen LogP contribution in [0.4, 0.5) is 8.78 Å². The van der Waals surface area contributed by atoms with Crippen molar-refractivity contribution in [1.82, 2.24) is 4.90 Å². The van der Waals surface area contributed by atoms with E-state index in [1.54, 1.807) is 11.9 Å². The Balaban J connectivity index is 2.30. The largest absolute Gasteiger partial charge is 0.300 e. The fraction of sp³-hybridized carbons (Fsp3) is 1.00. The van der Waals surface area contributed by atoms with Crippen molar-refractivity contribution in [1.29, 1.82) is 0 Å². The van der Waals surface area contributed by atoms with Gasteiger partial charge < -0.3 is 0 Å². The summed E-state index contributed by atoms with van der Waals surface area (Å²) in [4.78, 5) is 1.75. The van der Waals surface area contributed by atoms with Gasteiger partial charge in [0, 0.05) is 13.1 Å². The lowest BCUT2D eigenvalue weighted by Crippen LogP contribution is -2.58. The van der Waals surface area contributed by atoms with Crippen LogP contribution in [0.15, 0.2) is 0 Å². The highest BCUT2D eigenvalue weighted by molar-refractivity contribution is 4.93. The first kappa shape index (κ1) is 5.95. The van der Waals surface area contributed by atoms with E-state index in [4.69, 9.17) is 0 Å². The molecule has 0 N–H and O–H groups in total. The van der Waals surface area contributed by atoms with Crippen LogP contribution in [0.5, 0.6) is 0 Å². The molecule has 0 aliphatic carbocycles. The summed E-state index contributed by atoms with van der Waals surface area (Å²) in [6, 6.07) is 0. The molecule has 0 atom stereocenters. The number of rotatable bonds is 1. The predicted molar refractivity (Wildman–Crippen MR) is 27.3 cm³/mol. The third kappa shape index (κ3) is 0.823. The zero-order chi connectivity index (χ0) is 6.20. The van der Waals surface area contributed by atoms with E-state index in [-0.39, 0.29) is 13.1 Å². The molecule has 8 heavy (non-hydrogen) atoms. The third-order valence-corrected chi connectivity index (χ3v) is 1.35. The van der Waals surface area contributed by atoms with Crippen molar-refractivity contribution in [3.05, 3.63) is 0 Å². The van der Waals surface area contributed by atoms with Gasteiger partial charge in [-0.1, -0.05) is 0 Å². The predicted octanol–water partition coefficient (Wildman–Crippen LogP) is 0.610. The second-order valence-corrected chi connectivity index (χ2v) is 2.46. The molecule has 0 unspecified atom stereocenters. The number of alkyl halides is 2. The van der Waals surface area contributed by atoms with Crippen molar-refractivity contribution in [3.8, 4) is 0 Å². The fourth-order valence-electron chi connectivity index (χ4n) is 1.01. The molecule has 1 saturated heterocycles. The highest BCUT2D eigenvalue weighted by Gasteiger charge is 2.41. The minimum Gasteiger partial charge on any atom is -0.300 e. The van der Waals surface area contributed by atoms with Crippen LogP contribution in [-0.2, 0) is 0 Å². The van der Waals surface area contributed by atoms with Gasteiger partial charge in [0.05, 0.1) is 0 Å². The molecule has 0 aromatic rings. The first-order valence-electron chi connectivity index (χ1n) is 2.60.